The lowest BCUT2D eigenvalue weighted by Crippen LogP contribution is -2.28. The van der Waals surface area contributed by atoms with Gasteiger partial charge in [0.2, 0.25) is 0 Å². The molecular formula is C7H12O5. The van der Waals surface area contributed by atoms with Crippen LogP contribution in [0.1, 0.15) is 6.42 Å². The number of carbonyl (C=O) groups is 1. The number of hydrogen-bond donors (Lipinski definition) is 2. The Morgan fingerprint density at radius 2 is 2.33 bits per heavy atom. The Morgan fingerprint density at radius 3 is 2.67 bits per heavy atom. The molecule has 0 aromatic heterocycles. The van der Waals surface area contributed by atoms with E-state index in [9.17, 15) is 4.79 Å². The molecule has 0 amide bonds. The van der Waals surface area contributed by atoms with Crippen molar-refractivity contribution in [3.8, 4) is 0 Å². The minimum atomic E-state index is -1.14. The second-order valence-corrected chi connectivity index (χ2v) is 2.15. The number of aliphatic hydroxyl groups excluding tert-OH is 1. The van der Waals surface area contributed by atoms with E-state index in [-0.39, 0.29) is 6.42 Å². The van der Waals surface area contributed by atoms with Gasteiger partial charge in [0.25, 0.3) is 0 Å². The second kappa shape index (κ2) is 5.70. The van der Waals surface area contributed by atoms with E-state index in [4.69, 9.17) is 10.4 Å². The van der Waals surface area contributed by atoms with Gasteiger partial charge >= 0.3 is 5.97 Å². The minimum absolute atomic E-state index is 0.242. The van der Waals surface area contributed by atoms with E-state index in [1.54, 1.807) is 0 Å². The molecule has 70 valence electrons. The summed E-state index contributed by atoms with van der Waals surface area (Å²) in [6.07, 6.45) is -1.16. The van der Waals surface area contributed by atoms with Crippen LogP contribution >= 0.6 is 0 Å². The summed E-state index contributed by atoms with van der Waals surface area (Å²) >= 11 is 0. The summed E-state index contributed by atoms with van der Waals surface area (Å²) < 4.78 is 4.29. The van der Waals surface area contributed by atoms with Gasteiger partial charge in [-0.05, 0) is 0 Å². The third-order valence-electron chi connectivity index (χ3n) is 1.34. The summed E-state index contributed by atoms with van der Waals surface area (Å²) in [7, 11) is 1.21. The molecule has 2 N–H and O–H groups in total. The first kappa shape index (κ1) is 11.1. The first-order valence-corrected chi connectivity index (χ1v) is 3.33. The number of carbonyl (C=O) groups excluding carboxylic acids is 1. The van der Waals surface area contributed by atoms with Crippen molar-refractivity contribution in [2.75, 3.05) is 7.11 Å². The van der Waals surface area contributed by atoms with Crippen LogP contribution in [0.5, 0.6) is 0 Å². The first-order valence-electron chi connectivity index (χ1n) is 3.33. The lowest BCUT2D eigenvalue weighted by atomic mass is 10.1. The maximum atomic E-state index is 10.6. The van der Waals surface area contributed by atoms with Crippen molar-refractivity contribution in [3.63, 3.8) is 0 Å². The predicted octanol–water partition coefficient (Wildman–Crippen LogP) is -0.0454. The van der Waals surface area contributed by atoms with Crippen molar-refractivity contribution in [1.82, 2.24) is 0 Å². The molecule has 0 aliphatic carbocycles. The normalized spacial score (nSPS) is 14.9. The number of ether oxygens (including phenoxy) is 1. The highest BCUT2D eigenvalue weighted by Gasteiger charge is 2.20. The number of aliphatic hydroxyl groups is 1. The smallest absolute Gasteiger partial charge is 0.308 e. The first-order chi connectivity index (χ1) is 5.65. The van der Waals surface area contributed by atoms with Gasteiger partial charge in [0.15, 0.2) is 0 Å². The fourth-order valence-electron chi connectivity index (χ4n) is 0.641. The molecule has 5 nitrogen and oxygen atoms in total. The van der Waals surface area contributed by atoms with E-state index in [0.29, 0.717) is 0 Å². The van der Waals surface area contributed by atoms with Gasteiger partial charge in [-0.2, -0.15) is 0 Å². The van der Waals surface area contributed by atoms with Gasteiger partial charge in [-0.25, -0.2) is 4.89 Å². The van der Waals surface area contributed by atoms with Crippen LogP contribution in [0.15, 0.2) is 12.7 Å². The Kier molecular flexibility index (Phi) is 5.27. The molecule has 0 fully saturated rings. The maximum absolute atomic E-state index is 10.6. The van der Waals surface area contributed by atoms with Crippen LogP contribution in [0.4, 0.5) is 0 Å². The summed E-state index contributed by atoms with van der Waals surface area (Å²) in [6.45, 7) is 3.29. The Morgan fingerprint density at radius 1 is 1.75 bits per heavy atom. The van der Waals surface area contributed by atoms with Crippen molar-refractivity contribution in [2.45, 2.75) is 18.6 Å². The zero-order chi connectivity index (χ0) is 9.56. The predicted molar refractivity (Wildman–Crippen MR) is 40.3 cm³/mol. The molecule has 0 saturated carbocycles. The molecule has 0 saturated heterocycles. The van der Waals surface area contributed by atoms with E-state index >= 15 is 0 Å². The van der Waals surface area contributed by atoms with Gasteiger partial charge in [0, 0.05) is 0 Å². The molecule has 0 aromatic rings. The van der Waals surface area contributed by atoms with Crippen molar-refractivity contribution in [2.24, 2.45) is 0 Å². The van der Waals surface area contributed by atoms with Gasteiger partial charge in [-0.1, -0.05) is 6.08 Å². The summed E-state index contributed by atoms with van der Waals surface area (Å²) in [6, 6.07) is 0. The molecule has 0 aromatic carbocycles. The fraction of sp³-hybridized carbons (Fsp3) is 0.571. The second-order valence-electron chi connectivity index (χ2n) is 2.15. The third kappa shape index (κ3) is 3.47. The molecular weight excluding hydrogens is 164 g/mol. The van der Waals surface area contributed by atoms with Crippen LogP contribution in [-0.2, 0) is 14.4 Å². The van der Waals surface area contributed by atoms with Gasteiger partial charge in [0.1, 0.15) is 6.10 Å². The van der Waals surface area contributed by atoms with Crippen molar-refractivity contribution in [1.29, 1.82) is 0 Å². The molecule has 12 heavy (non-hydrogen) atoms. The topological polar surface area (TPSA) is 76.0 Å². The van der Waals surface area contributed by atoms with Crippen LogP contribution < -0.4 is 0 Å². The molecule has 0 aliphatic heterocycles. The van der Waals surface area contributed by atoms with E-state index < -0.39 is 18.2 Å². The Hall–Kier alpha value is -0.910. The lowest BCUT2D eigenvalue weighted by molar-refractivity contribution is -0.283. The lowest BCUT2D eigenvalue weighted by Gasteiger charge is -2.14. The summed E-state index contributed by atoms with van der Waals surface area (Å²) in [4.78, 5) is 14.4. The van der Waals surface area contributed by atoms with Crippen molar-refractivity contribution in [3.05, 3.63) is 12.7 Å². The van der Waals surface area contributed by atoms with Gasteiger partial charge < -0.3 is 9.84 Å². The zero-order valence-electron chi connectivity index (χ0n) is 6.77. The summed E-state index contributed by atoms with van der Waals surface area (Å²) in [5, 5.41) is 17.4. The number of esters is 1. The average molecular weight is 176 g/mol. The Bertz CT molecular complexity index is 156. The van der Waals surface area contributed by atoms with Gasteiger partial charge in [0.05, 0.1) is 19.6 Å². The molecule has 0 spiro atoms. The third-order valence-corrected chi connectivity index (χ3v) is 1.34. The number of rotatable bonds is 5. The number of methoxy groups -OCH3 is 1. The molecule has 2 atom stereocenters. The highest BCUT2D eigenvalue weighted by molar-refractivity contribution is 5.69. The zero-order valence-corrected chi connectivity index (χ0v) is 6.77. The van der Waals surface area contributed by atoms with E-state index in [1.807, 2.05) is 0 Å². The summed E-state index contributed by atoms with van der Waals surface area (Å²) in [5.41, 5.74) is 0. The molecule has 0 heterocycles. The molecule has 0 aliphatic rings. The standard InChI is InChI=1S/C7H12O5/c1-3-6(12-10)5(8)4-7(9)11-2/h3,5-6,8,10H,1,4H2,2H3/t5-,6-/m1/s1. The van der Waals surface area contributed by atoms with E-state index in [2.05, 4.69) is 16.2 Å². The molecule has 5 heteroatoms. The monoisotopic (exact) mass is 176 g/mol. The summed E-state index contributed by atoms with van der Waals surface area (Å²) in [5.74, 6) is -0.577. The maximum Gasteiger partial charge on any atom is 0.308 e. The van der Waals surface area contributed by atoms with Crippen LogP contribution in [0, 0.1) is 0 Å². The van der Waals surface area contributed by atoms with Crippen LogP contribution in [0.25, 0.3) is 0 Å². The van der Waals surface area contributed by atoms with Crippen LogP contribution in [0.2, 0.25) is 0 Å². The van der Waals surface area contributed by atoms with E-state index in [1.165, 1.54) is 13.2 Å². The Labute approximate surface area is 70.1 Å². The van der Waals surface area contributed by atoms with Gasteiger partial charge in [-0.15, -0.1) is 6.58 Å². The van der Waals surface area contributed by atoms with Crippen LogP contribution in [0.3, 0.4) is 0 Å². The average Bonchev–Trinajstić information content (AvgIpc) is 2.06. The quantitative estimate of drug-likeness (QED) is 0.266. The highest BCUT2D eigenvalue weighted by Crippen LogP contribution is 2.04. The Balaban J connectivity index is 3.91. The molecule has 0 radical (unpaired) electrons. The molecule has 0 bridgehead atoms. The molecule has 0 rings (SSSR count). The largest absolute Gasteiger partial charge is 0.469 e. The van der Waals surface area contributed by atoms with E-state index in [0.717, 1.165) is 0 Å². The number of hydrogen-bond acceptors (Lipinski definition) is 5. The highest BCUT2D eigenvalue weighted by atomic mass is 17.1. The van der Waals surface area contributed by atoms with Crippen molar-refractivity contribution >= 4 is 5.97 Å². The van der Waals surface area contributed by atoms with Crippen molar-refractivity contribution < 1.29 is 24.8 Å². The van der Waals surface area contributed by atoms with Gasteiger partial charge in [-0.3, -0.25) is 10.1 Å². The minimum Gasteiger partial charge on any atom is -0.469 e. The fourth-order valence-corrected chi connectivity index (χ4v) is 0.641. The SMILES string of the molecule is C=C[C@@H](OO)[C@H](O)CC(=O)OC. The molecule has 0 unspecified atom stereocenters. The van der Waals surface area contributed by atoms with Crippen LogP contribution in [-0.4, -0.2) is 35.7 Å².